The Morgan fingerprint density at radius 2 is 2.10 bits per heavy atom. The summed E-state index contributed by atoms with van der Waals surface area (Å²) in [4.78, 5) is 4.30. The van der Waals surface area contributed by atoms with Crippen LogP contribution in [0.4, 0.5) is 4.39 Å². The summed E-state index contributed by atoms with van der Waals surface area (Å²) in [6.07, 6.45) is 2.74. The molecule has 1 unspecified atom stereocenters. The van der Waals surface area contributed by atoms with E-state index in [2.05, 4.69) is 33.2 Å². The highest BCUT2D eigenvalue weighted by Crippen LogP contribution is 2.32. The highest BCUT2D eigenvalue weighted by Gasteiger charge is 2.20. The maximum atomic E-state index is 14.5. The molecule has 0 spiro atoms. The Morgan fingerprint density at radius 3 is 2.71 bits per heavy atom. The first kappa shape index (κ1) is 16.4. The van der Waals surface area contributed by atoms with Crippen LogP contribution in [0.15, 0.2) is 34.9 Å². The molecule has 1 heterocycles. The van der Waals surface area contributed by atoms with Crippen molar-refractivity contribution in [2.24, 2.45) is 0 Å². The number of benzene rings is 1. The number of aryl methyl sites for hydroxylation is 1. The maximum absolute atomic E-state index is 14.5. The van der Waals surface area contributed by atoms with Gasteiger partial charge in [-0.2, -0.15) is 0 Å². The van der Waals surface area contributed by atoms with Gasteiger partial charge in [0.25, 0.3) is 0 Å². The van der Waals surface area contributed by atoms with Crippen LogP contribution < -0.4 is 5.32 Å². The first-order valence-corrected chi connectivity index (χ1v) is 8.01. The van der Waals surface area contributed by atoms with Gasteiger partial charge in [-0.25, -0.2) is 4.39 Å². The minimum absolute atomic E-state index is 0.107. The van der Waals surface area contributed by atoms with Crippen molar-refractivity contribution in [3.05, 3.63) is 62.6 Å². The number of halogens is 3. The Bertz CT molecular complexity index is 616. The van der Waals surface area contributed by atoms with Crippen molar-refractivity contribution < 1.29 is 4.39 Å². The Kier molecular flexibility index (Phi) is 5.73. The lowest BCUT2D eigenvalue weighted by atomic mass is 9.99. The van der Waals surface area contributed by atoms with Gasteiger partial charge in [0.05, 0.1) is 11.1 Å². The molecule has 0 saturated carbocycles. The zero-order valence-electron chi connectivity index (χ0n) is 12.0. The number of pyridine rings is 1. The van der Waals surface area contributed by atoms with E-state index >= 15 is 0 Å². The summed E-state index contributed by atoms with van der Waals surface area (Å²) in [5, 5.41) is 3.46. The van der Waals surface area contributed by atoms with E-state index in [0.717, 1.165) is 24.2 Å². The molecule has 2 aromatic rings. The van der Waals surface area contributed by atoms with Crippen LogP contribution in [0.1, 0.15) is 36.2 Å². The molecule has 0 saturated heterocycles. The van der Waals surface area contributed by atoms with Crippen LogP contribution in [0, 0.1) is 12.7 Å². The molecule has 21 heavy (non-hydrogen) atoms. The molecule has 1 atom stereocenters. The van der Waals surface area contributed by atoms with E-state index in [9.17, 15) is 4.39 Å². The van der Waals surface area contributed by atoms with Crippen molar-refractivity contribution in [1.29, 1.82) is 0 Å². The molecule has 0 aliphatic heterocycles. The van der Waals surface area contributed by atoms with Gasteiger partial charge in [0.1, 0.15) is 5.82 Å². The molecule has 0 amide bonds. The molecule has 0 aliphatic carbocycles. The van der Waals surface area contributed by atoms with E-state index in [0.29, 0.717) is 10.0 Å². The lowest BCUT2D eigenvalue weighted by Crippen LogP contribution is -2.24. The number of nitrogens with zero attached hydrogens (tertiary/aromatic N) is 1. The topological polar surface area (TPSA) is 24.9 Å². The third-order valence-corrected chi connectivity index (χ3v) is 4.50. The third kappa shape index (κ3) is 3.82. The molecule has 0 fully saturated rings. The predicted octanol–water partition coefficient (Wildman–Crippen LogP) is 5.03. The van der Waals surface area contributed by atoms with Crippen LogP contribution in [-0.2, 0) is 0 Å². The summed E-state index contributed by atoms with van der Waals surface area (Å²) in [6, 6.07) is 7.14. The van der Waals surface area contributed by atoms with Gasteiger partial charge in [-0.15, -0.1) is 0 Å². The molecule has 0 radical (unpaired) electrons. The van der Waals surface area contributed by atoms with Crippen LogP contribution in [0.5, 0.6) is 0 Å². The zero-order valence-corrected chi connectivity index (χ0v) is 14.3. The molecule has 1 aromatic carbocycles. The van der Waals surface area contributed by atoms with Gasteiger partial charge in [-0.05, 0) is 53.5 Å². The predicted molar refractivity (Wildman–Crippen MR) is 88.2 cm³/mol. The Hall–Kier alpha value is -0.970. The molecule has 5 heteroatoms. The van der Waals surface area contributed by atoms with E-state index in [-0.39, 0.29) is 11.1 Å². The van der Waals surface area contributed by atoms with Gasteiger partial charge in [-0.3, -0.25) is 4.98 Å². The fourth-order valence-electron chi connectivity index (χ4n) is 2.11. The largest absolute Gasteiger partial charge is 0.306 e. The lowest BCUT2D eigenvalue weighted by molar-refractivity contribution is 0.545. The average Bonchev–Trinajstić information content (AvgIpc) is 2.48. The Balaban J connectivity index is 2.45. The second-order valence-corrected chi connectivity index (χ2v) is 6.12. The smallest absolute Gasteiger partial charge is 0.148 e. The summed E-state index contributed by atoms with van der Waals surface area (Å²) in [5.41, 5.74) is 2.39. The van der Waals surface area contributed by atoms with Gasteiger partial charge in [0, 0.05) is 21.9 Å². The average molecular weight is 372 g/mol. The second kappa shape index (κ2) is 7.34. The minimum atomic E-state index is -0.403. The molecular weight excluding hydrogens is 355 g/mol. The quantitative estimate of drug-likeness (QED) is 0.745. The van der Waals surface area contributed by atoms with E-state index in [4.69, 9.17) is 11.6 Å². The van der Waals surface area contributed by atoms with Crippen LogP contribution in [0.3, 0.4) is 0 Å². The van der Waals surface area contributed by atoms with Crippen LogP contribution in [0.2, 0.25) is 5.02 Å². The molecular formula is C16H17BrClFN2. The summed E-state index contributed by atoms with van der Waals surface area (Å²) in [7, 11) is 0. The highest BCUT2D eigenvalue weighted by molar-refractivity contribution is 9.10. The number of rotatable bonds is 5. The van der Waals surface area contributed by atoms with Crippen LogP contribution >= 0.6 is 27.5 Å². The van der Waals surface area contributed by atoms with Gasteiger partial charge < -0.3 is 5.32 Å². The molecule has 2 nitrogen and oxygen atoms in total. The van der Waals surface area contributed by atoms with E-state index in [1.165, 1.54) is 0 Å². The fraction of sp³-hybridized carbons (Fsp3) is 0.312. The molecule has 0 bridgehead atoms. The van der Waals surface area contributed by atoms with Crippen molar-refractivity contribution in [2.45, 2.75) is 26.3 Å². The van der Waals surface area contributed by atoms with Crippen molar-refractivity contribution in [2.75, 3.05) is 6.54 Å². The SMILES string of the molecule is CCCNC(c1ccc(C)nc1)c1ccc(Br)c(Cl)c1F. The zero-order chi connectivity index (χ0) is 15.4. The summed E-state index contributed by atoms with van der Waals surface area (Å²) in [6.45, 7) is 4.78. The standard InChI is InChI=1S/C16H17BrClFN2/c1-3-8-20-16(11-5-4-10(2)21-9-11)12-6-7-13(17)14(18)15(12)19/h4-7,9,16,20H,3,8H2,1-2H3. The van der Waals surface area contributed by atoms with Crippen molar-refractivity contribution >= 4 is 27.5 Å². The Labute approximate surface area is 137 Å². The van der Waals surface area contributed by atoms with E-state index < -0.39 is 5.82 Å². The third-order valence-electron chi connectivity index (χ3n) is 3.24. The summed E-state index contributed by atoms with van der Waals surface area (Å²) < 4.78 is 15.0. The van der Waals surface area contributed by atoms with Gasteiger partial charge >= 0.3 is 0 Å². The Morgan fingerprint density at radius 1 is 1.33 bits per heavy atom. The molecule has 1 N–H and O–H groups in total. The van der Waals surface area contributed by atoms with Crippen molar-refractivity contribution in [1.82, 2.24) is 10.3 Å². The number of aromatic nitrogens is 1. The number of nitrogens with one attached hydrogen (secondary N) is 1. The first-order chi connectivity index (χ1) is 10.0. The summed E-state index contributed by atoms with van der Waals surface area (Å²) in [5.74, 6) is -0.403. The summed E-state index contributed by atoms with van der Waals surface area (Å²) >= 11 is 9.25. The van der Waals surface area contributed by atoms with E-state index in [1.807, 2.05) is 19.1 Å². The van der Waals surface area contributed by atoms with Gasteiger partial charge in [0.15, 0.2) is 0 Å². The van der Waals surface area contributed by atoms with Crippen LogP contribution in [-0.4, -0.2) is 11.5 Å². The number of hydrogen-bond donors (Lipinski definition) is 1. The van der Waals surface area contributed by atoms with E-state index in [1.54, 1.807) is 18.3 Å². The van der Waals surface area contributed by atoms with Crippen LogP contribution in [0.25, 0.3) is 0 Å². The van der Waals surface area contributed by atoms with Gasteiger partial charge in [-0.1, -0.05) is 30.7 Å². The number of hydrogen-bond acceptors (Lipinski definition) is 2. The molecule has 2 rings (SSSR count). The molecule has 0 aliphatic rings. The monoisotopic (exact) mass is 370 g/mol. The first-order valence-electron chi connectivity index (χ1n) is 6.84. The van der Waals surface area contributed by atoms with Crippen molar-refractivity contribution in [3.63, 3.8) is 0 Å². The lowest BCUT2D eigenvalue weighted by Gasteiger charge is -2.20. The highest BCUT2D eigenvalue weighted by atomic mass is 79.9. The van der Waals surface area contributed by atoms with Gasteiger partial charge in [0.2, 0.25) is 0 Å². The second-order valence-electron chi connectivity index (χ2n) is 4.88. The minimum Gasteiger partial charge on any atom is -0.306 e. The molecule has 112 valence electrons. The van der Waals surface area contributed by atoms with Crippen molar-refractivity contribution in [3.8, 4) is 0 Å². The normalized spacial score (nSPS) is 12.4. The fourth-order valence-corrected chi connectivity index (χ4v) is 2.59. The maximum Gasteiger partial charge on any atom is 0.148 e. The molecule has 1 aromatic heterocycles.